The second kappa shape index (κ2) is 9.70. The van der Waals surface area contributed by atoms with Gasteiger partial charge in [-0.1, -0.05) is 24.0 Å². The monoisotopic (exact) mass is 406 g/mol. The zero-order valence-electron chi connectivity index (χ0n) is 15.6. The van der Waals surface area contributed by atoms with Gasteiger partial charge in [-0.05, 0) is 30.3 Å². The third-order valence-corrected chi connectivity index (χ3v) is 4.18. The fraction of sp³-hybridized carbons (Fsp3) is 0.273. The zero-order chi connectivity index (χ0) is 20.8. The molecule has 1 aliphatic heterocycles. The highest BCUT2D eigenvalue weighted by atomic mass is 19.2. The lowest BCUT2D eigenvalue weighted by Crippen LogP contribution is -2.26. The highest BCUT2D eigenvalue weighted by Crippen LogP contribution is 2.28. The SMILES string of the molecule is COC/C=C/C1COC(c2cc(F)c(C#Cc3ccc(F)c(F)c3)c(F)c2)OC1. The van der Waals surface area contributed by atoms with E-state index in [1.807, 2.05) is 12.2 Å². The summed E-state index contributed by atoms with van der Waals surface area (Å²) in [5, 5.41) is 0. The molecule has 0 aromatic heterocycles. The molecule has 2 aromatic carbocycles. The first-order valence-corrected chi connectivity index (χ1v) is 8.82. The van der Waals surface area contributed by atoms with Gasteiger partial charge in [0.05, 0.1) is 25.4 Å². The second-order valence-electron chi connectivity index (χ2n) is 6.38. The highest BCUT2D eigenvalue weighted by Gasteiger charge is 2.24. The normalized spacial score (nSPS) is 19.2. The Morgan fingerprint density at radius 1 is 0.966 bits per heavy atom. The molecule has 1 fully saturated rings. The summed E-state index contributed by atoms with van der Waals surface area (Å²) in [6, 6.07) is 5.14. The molecule has 2 aromatic rings. The summed E-state index contributed by atoms with van der Waals surface area (Å²) in [7, 11) is 1.59. The van der Waals surface area contributed by atoms with Gasteiger partial charge in [0.15, 0.2) is 17.9 Å². The molecule has 0 bridgehead atoms. The third-order valence-electron chi connectivity index (χ3n) is 4.18. The van der Waals surface area contributed by atoms with Crippen molar-refractivity contribution in [3.8, 4) is 11.8 Å². The van der Waals surface area contributed by atoms with Crippen LogP contribution < -0.4 is 0 Å². The fourth-order valence-electron chi connectivity index (χ4n) is 2.72. The number of benzene rings is 2. The van der Waals surface area contributed by atoms with Gasteiger partial charge in [0, 0.05) is 24.2 Å². The molecule has 1 aliphatic rings. The van der Waals surface area contributed by atoms with Crippen molar-refractivity contribution in [1.29, 1.82) is 0 Å². The second-order valence-corrected chi connectivity index (χ2v) is 6.38. The molecule has 1 saturated heterocycles. The van der Waals surface area contributed by atoms with Crippen LogP contribution in [0.3, 0.4) is 0 Å². The van der Waals surface area contributed by atoms with Crippen LogP contribution >= 0.6 is 0 Å². The van der Waals surface area contributed by atoms with Gasteiger partial charge in [0.25, 0.3) is 0 Å². The molecule has 0 atom stereocenters. The number of methoxy groups -OCH3 is 1. The first-order valence-electron chi connectivity index (χ1n) is 8.82. The quantitative estimate of drug-likeness (QED) is 0.425. The van der Waals surface area contributed by atoms with E-state index in [-0.39, 0.29) is 17.0 Å². The molecule has 152 valence electrons. The molecule has 3 rings (SSSR count). The maximum Gasteiger partial charge on any atom is 0.184 e. The predicted octanol–water partition coefficient (Wildman–Crippen LogP) is 4.51. The Morgan fingerprint density at radius 3 is 2.28 bits per heavy atom. The maximum atomic E-state index is 14.4. The molecule has 29 heavy (non-hydrogen) atoms. The van der Waals surface area contributed by atoms with Crippen LogP contribution in [0.15, 0.2) is 42.5 Å². The fourth-order valence-corrected chi connectivity index (χ4v) is 2.72. The minimum absolute atomic E-state index is 0.0253. The van der Waals surface area contributed by atoms with Crippen molar-refractivity contribution in [2.45, 2.75) is 6.29 Å². The van der Waals surface area contributed by atoms with Crippen LogP contribution in [0.4, 0.5) is 17.6 Å². The zero-order valence-corrected chi connectivity index (χ0v) is 15.6. The Hall–Kier alpha value is -2.66. The lowest BCUT2D eigenvalue weighted by atomic mass is 10.1. The van der Waals surface area contributed by atoms with Crippen LogP contribution in [-0.4, -0.2) is 26.9 Å². The molecular weight excluding hydrogens is 388 g/mol. The summed E-state index contributed by atoms with van der Waals surface area (Å²) < 4.78 is 70.9. The van der Waals surface area contributed by atoms with Gasteiger partial charge in [-0.15, -0.1) is 0 Å². The average molecular weight is 406 g/mol. The van der Waals surface area contributed by atoms with Crippen molar-refractivity contribution in [3.63, 3.8) is 0 Å². The topological polar surface area (TPSA) is 27.7 Å². The summed E-state index contributed by atoms with van der Waals surface area (Å²) in [4.78, 5) is 0. The summed E-state index contributed by atoms with van der Waals surface area (Å²) in [6.45, 7) is 1.15. The van der Waals surface area contributed by atoms with Crippen molar-refractivity contribution in [2.24, 2.45) is 5.92 Å². The first-order chi connectivity index (χ1) is 14.0. The molecule has 0 aliphatic carbocycles. The highest BCUT2D eigenvalue weighted by molar-refractivity contribution is 5.45. The first kappa shape index (κ1) is 21.1. The maximum absolute atomic E-state index is 14.4. The Labute approximate surface area is 165 Å². The van der Waals surface area contributed by atoms with E-state index in [0.29, 0.717) is 19.8 Å². The average Bonchev–Trinajstić information content (AvgIpc) is 2.70. The van der Waals surface area contributed by atoms with Crippen LogP contribution in [0.1, 0.15) is 23.0 Å². The van der Waals surface area contributed by atoms with E-state index in [0.717, 1.165) is 24.3 Å². The van der Waals surface area contributed by atoms with E-state index in [9.17, 15) is 17.6 Å². The van der Waals surface area contributed by atoms with Gasteiger partial charge in [0.1, 0.15) is 11.6 Å². The van der Waals surface area contributed by atoms with Gasteiger partial charge in [-0.25, -0.2) is 17.6 Å². The van der Waals surface area contributed by atoms with Gasteiger partial charge < -0.3 is 14.2 Å². The largest absolute Gasteiger partial charge is 0.381 e. The van der Waals surface area contributed by atoms with Crippen LogP contribution in [-0.2, 0) is 14.2 Å². The minimum atomic E-state index is -1.09. The standard InChI is InChI=1S/C22H18F4O3/c1-27-8-2-3-15-12-28-22(29-13-15)16-10-19(24)17(20(25)11-16)6-4-14-5-7-18(23)21(26)9-14/h2-3,5,7,9-11,15,22H,8,12-13H2,1H3/b3-2+. The van der Waals surface area contributed by atoms with Crippen LogP contribution in [0.5, 0.6) is 0 Å². The molecular formula is C22H18F4O3. The van der Waals surface area contributed by atoms with Gasteiger partial charge in [-0.2, -0.15) is 0 Å². The Morgan fingerprint density at radius 2 is 1.66 bits per heavy atom. The number of ether oxygens (including phenoxy) is 3. The summed E-state index contributed by atoms with van der Waals surface area (Å²) in [6.07, 6.45) is 2.86. The molecule has 0 saturated carbocycles. The Balaban J connectivity index is 1.72. The number of rotatable bonds is 4. The third kappa shape index (κ3) is 5.45. The molecule has 0 unspecified atom stereocenters. The number of hydrogen-bond acceptors (Lipinski definition) is 3. The molecule has 3 nitrogen and oxygen atoms in total. The van der Waals surface area contributed by atoms with Crippen molar-refractivity contribution in [2.75, 3.05) is 26.9 Å². The van der Waals surface area contributed by atoms with E-state index in [1.54, 1.807) is 7.11 Å². The Bertz CT molecular complexity index is 931. The van der Waals surface area contributed by atoms with E-state index >= 15 is 0 Å². The number of halogens is 4. The van der Waals surface area contributed by atoms with Crippen LogP contribution in [0.25, 0.3) is 0 Å². The molecule has 0 radical (unpaired) electrons. The van der Waals surface area contributed by atoms with Crippen molar-refractivity contribution >= 4 is 0 Å². The van der Waals surface area contributed by atoms with Crippen molar-refractivity contribution in [1.82, 2.24) is 0 Å². The number of hydrogen-bond donors (Lipinski definition) is 0. The van der Waals surface area contributed by atoms with Crippen LogP contribution in [0.2, 0.25) is 0 Å². The predicted molar refractivity (Wildman–Crippen MR) is 97.8 cm³/mol. The lowest BCUT2D eigenvalue weighted by Gasteiger charge is -2.28. The van der Waals surface area contributed by atoms with Gasteiger partial charge in [-0.3, -0.25) is 0 Å². The minimum Gasteiger partial charge on any atom is -0.381 e. The van der Waals surface area contributed by atoms with E-state index < -0.39 is 35.1 Å². The smallest absolute Gasteiger partial charge is 0.184 e. The molecule has 7 heteroatoms. The van der Waals surface area contributed by atoms with E-state index in [4.69, 9.17) is 14.2 Å². The summed E-state index contributed by atoms with van der Waals surface area (Å²) in [5.74, 6) is 0.854. The molecule has 0 N–H and O–H groups in total. The van der Waals surface area contributed by atoms with Crippen molar-refractivity contribution < 1.29 is 31.8 Å². The summed E-state index contributed by atoms with van der Waals surface area (Å²) >= 11 is 0. The molecule has 0 spiro atoms. The van der Waals surface area contributed by atoms with Gasteiger partial charge in [0.2, 0.25) is 0 Å². The Kier molecular flexibility index (Phi) is 7.04. The van der Waals surface area contributed by atoms with Crippen LogP contribution in [0, 0.1) is 41.0 Å². The lowest BCUT2D eigenvalue weighted by molar-refractivity contribution is -0.197. The molecule has 0 amide bonds. The van der Waals surface area contributed by atoms with E-state index in [1.165, 1.54) is 6.07 Å². The van der Waals surface area contributed by atoms with Gasteiger partial charge >= 0.3 is 0 Å². The van der Waals surface area contributed by atoms with Crippen molar-refractivity contribution in [3.05, 3.63) is 82.4 Å². The molecule has 1 heterocycles. The van der Waals surface area contributed by atoms with E-state index in [2.05, 4.69) is 11.8 Å². The summed E-state index contributed by atoms with van der Waals surface area (Å²) in [5.41, 5.74) is -0.189.